The summed E-state index contributed by atoms with van der Waals surface area (Å²) in [6.45, 7) is 1.89. The van der Waals surface area contributed by atoms with Gasteiger partial charge in [0.15, 0.2) is 0 Å². The molecule has 4 nitrogen and oxygen atoms in total. The number of nitrogens with zero attached hydrogens (tertiary/aromatic N) is 1. The van der Waals surface area contributed by atoms with E-state index in [0.717, 1.165) is 10.9 Å². The summed E-state index contributed by atoms with van der Waals surface area (Å²) in [6.07, 6.45) is 1.62. The van der Waals surface area contributed by atoms with Crippen LogP contribution >= 0.6 is 0 Å². The Morgan fingerprint density at radius 3 is 2.55 bits per heavy atom. The number of aromatic nitrogens is 1. The van der Waals surface area contributed by atoms with Gasteiger partial charge >= 0.3 is 0 Å². The molecule has 1 heterocycles. The quantitative estimate of drug-likeness (QED) is 0.805. The molecule has 0 saturated carbocycles. The van der Waals surface area contributed by atoms with Crippen molar-refractivity contribution in [1.29, 1.82) is 0 Å². The van der Waals surface area contributed by atoms with Gasteiger partial charge in [-0.15, -0.1) is 0 Å². The van der Waals surface area contributed by atoms with Crippen molar-refractivity contribution in [3.05, 3.63) is 66.1 Å². The third-order valence-electron chi connectivity index (χ3n) is 3.20. The van der Waals surface area contributed by atoms with Crippen LogP contribution in [0, 0.1) is 12.7 Å². The highest BCUT2D eigenvalue weighted by molar-refractivity contribution is 7.93. The second kappa shape index (κ2) is 5.38. The second-order valence-corrected chi connectivity index (χ2v) is 6.60. The molecule has 0 saturated heterocycles. The standard InChI is InChI=1S/C16H13FN2O2S/c1-11-9-12-3-2-4-15(16(12)18-10-11)22(20,21)19-14-7-5-13(17)6-8-14/h2-10,19H,1H3. The van der Waals surface area contributed by atoms with Gasteiger partial charge in [-0.1, -0.05) is 12.1 Å². The van der Waals surface area contributed by atoms with Crippen LogP contribution in [0.3, 0.4) is 0 Å². The number of hydrogen-bond acceptors (Lipinski definition) is 3. The van der Waals surface area contributed by atoms with E-state index in [4.69, 9.17) is 0 Å². The van der Waals surface area contributed by atoms with Crippen LogP contribution in [-0.2, 0) is 10.0 Å². The summed E-state index contributed by atoms with van der Waals surface area (Å²) in [7, 11) is -3.80. The Kier molecular flexibility index (Phi) is 3.54. The first-order chi connectivity index (χ1) is 10.5. The van der Waals surface area contributed by atoms with Crippen molar-refractivity contribution in [2.24, 2.45) is 0 Å². The van der Waals surface area contributed by atoms with Crippen molar-refractivity contribution in [2.45, 2.75) is 11.8 Å². The van der Waals surface area contributed by atoms with Gasteiger partial charge in [0, 0.05) is 17.3 Å². The summed E-state index contributed by atoms with van der Waals surface area (Å²) in [5.41, 5.74) is 1.65. The summed E-state index contributed by atoms with van der Waals surface area (Å²) in [4.78, 5) is 4.32. The predicted octanol–water partition coefficient (Wildman–Crippen LogP) is 3.48. The first kappa shape index (κ1) is 14.5. The Balaban J connectivity index is 2.07. The minimum atomic E-state index is -3.80. The molecular formula is C16H13FN2O2S. The Bertz CT molecular complexity index is 938. The molecule has 0 radical (unpaired) electrons. The molecule has 1 N–H and O–H groups in total. The van der Waals surface area contributed by atoms with Crippen LogP contribution < -0.4 is 4.72 Å². The van der Waals surface area contributed by atoms with Crippen LogP contribution in [0.4, 0.5) is 10.1 Å². The Morgan fingerprint density at radius 1 is 1.09 bits per heavy atom. The largest absolute Gasteiger partial charge is 0.280 e. The van der Waals surface area contributed by atoms with Crippen molar-refractivity contribution in [3.8, 4) is 0 Å². The number of pyridine rings is 1. The molecule has 0 fully saturated rings. The number of sulfonamides is 1. The summed E-state index contributed by atoms with van der Waals surface area (Å²) in [5, 5.41) is 0.752. The lowest BCUT2D eigenvalue weighted by Crippen LogP contribution is -2.13. The zero-order valence-electron chi connectivity index (χ0n) is 11.7. The predicted molar refractivity (Wildman–Crippen MR) is 83.7 cm³/mol. The normalized spacial score (nSPS) is 11.5. The molecule has 0 amide bonds. The van der Waals surface area contributed by atoms with E-state index in [2.05, 4.69) is 9.71 Å². The van der Waals surface area contributed by atoms with Crippen LogP contribution in [0.25, 0.3) is 10.9 Å². The fourth-order valence-electron chi connectivity index (χ4n) is 2.19. The number of hydrogen-bond donors (Lipinski definition) is 1. The number of nitrogens with one attached hydrogen (secondary N) is 1. The number of halogens is 1. The van der Waals surface area contributed by atoms with Gasteiger partial charge in [0.25, 0.3) is 10.0 Å². The number of para-hydroxylation sites is 1. The zero-order chi connectivity index (χ0) is 15.7. The highest BCUT2D eigenvalue weighted by Gasteiger charge is 2.18. The summed E-state index contributed by atoms with van der Waals surface area (Å²) in [6, 6.07) is 12.0. The van der Waals surface area contributed by atoms with E-state index in [1.165, 1.54) is 30.3 Å². The van der Waals surface area contributed by atoms with Crippen molar-refractivity contribution >= 4 is 26.6 Å². The highest BCUT2D eigenvalue weighted by atomic mass is 32.2. The molecule has 0 unspecified atom stereocenters. The third kappa shape index (κ3) is 2.78. The molecule has 0 aliphatic carbocycles. The molecule has 3 aromatic rings. The van der Waals surface area contributed by atoms with Gasteiger partial charge in [-0.25, -0.2) is 12.8 Å². The highest BCUT2D eigenvalue weighted by Crippen LogP contribution is 2.24. The smallest absolute Gasteiger partial charge is 0.264 e. The molecular weight excluding hydrogens is 303 g/mol. The monoisotopic (exact) mass is 316 g/mol. The van der Waals surface area contributed by atoms with Gasteiger partial charge in [-0.3, -0.25) is 9.71 Å². The van der Waals surface area contributed by atoms with E-state index in [-0.39, 0.29) is 4.90 Å². The molecule has 2 aromatic carbocycles. The molecule has 0 aliphatic rings. The maximum Gasteiger partial charge on any atom is 0.264 e. The van der Waals surface area contributed by atoms with Crippen LogP contribution in [0.15, 0.2) is 59.6 Å². The van der Waals surface area contributed by atoms with E-state index < -0.39 is 15.8 Å². The first-order valence-corrected chi connectivity index (χ1v) is 8.08. The van der Waals surface area contributed by atoms with Crippen LogP contribution in [0.5, 0.6) is 0 Å². The molecule has 1 aromatic heterocycles. The van der Waals surface area contributed by atoms with Crippen LogP contribution in [0.2, 0.25) is 0 Å². The van der Waals surface area contributed by atoms with Gasteiger partial charge in [-0.2, -0.15) is 0 Å². The van der Waals surface area contributed by atoms with E-state index in [9.17, 15) is 12.8 Å². The lowest BCUT2D eigenvalue weighted by Gasteiger charge is -2.10. The molecule has 0 spiro atoms. The average Bonchev–Trinajstić information content (AvgIpc) is 2.48. The number of benzene rings is 2. The van der Waals surface area contributed by atoms with Crippen molar-refractivity contribution < 1.29 is 12.8 Å². The molecule has 112 valence electrons. The minimum Gasteiger partial charge on any atom is -0.280 e. The third-order valence-corrected chi connectivity index (χ3v) is 4.61. The van der Waals surface area contributed by atoms with E-state index in [1.807, 2.05) is 19.1 Å². The fourth-order valence-corrected chi connectivity index (χ4v) is 3.43. The van der Waals surface area contributed by atoms with Gasteiger partial charge in [0.1, 0.15) is 10.7 Å². The fraction of sp³-hybridized carbons (Fsp3) is 0.0625. The van der Waals surface area contributed by atoms with Crippen LogP contribution in [0.1, 0.15) is 5.56 Å². The lowest BCUT2D eigenvalue weighted by molar-refractivity contribution is 0.601. The van der Waals surface area contributed by atoms with Crippen molar-refractivity contribution in [3.63, 3.8) is 0 Å². The Hall–Kier alpha value is -2.47. The molecule has 6 heteroatoms. The molecule has 0 atom stereocenters. The number of rotatable bonds is 3. The second-order valence-electron chi connectivity index (χ2n) is 4.95. The number of anilines is 1. The Labute approximate surface area is 127 Å². The SMILES string of the molecule is Cc1cnc2c(S(=O)(=O)Nc3ccc(F)cc3)cccc2c1. The number of aryl methyl sites for hydroxylation is 1. The van der Waals surface area contributed by atoms with Crippen molar-refractivity contribution in [1.82, 2.24) is 4.98 Å². The van der Waals surface area contributed by atoms with Crippen molar-refractivity contribution in [2.75, 3.05) is 4.72 Å². The lowest BCUT2D eigenvalue weighted by atomic mass is 10.2. The summed E-state index contributed by atoms with van der Waals surface area (Å²) < 4.78 is 40.4. The number of fused-ring (bicyclic) bond motifs is 1. The van der Waals surface area contributed by atoms with Gasteiger partial charge in [-0.05, 0) is 48.9 Å². The first-order valence-electron chi connectivity index (χ1n) is 6.59. The molecule has 0 bridgehead atoms. The topological polar surface area (TPSA) is 59.1 Å². The maximum atomic E-state index is 12.9. The van der Waals surface area contributed by atoms with Gasteiger partial charge in [0.2, 0.25) is 0 Å². The Morgan fingerprint density at radius 2 is 1.82 bits per heavy atom. The maximum absolute atomic E-state index is 12.9. The van der Waals surface area contributed by atoms with E-state index in [1.54, 1.807) is 12.3 Å². The summed E-state index contributed by atoms with van der Waals surface area (Å²) in [5.74, 6) is -0.426. The van der Waals surface area contributed by atoms with Crippen LogP contribution in [-0.4, -0.2) is 13.4 Å². The van der Waals surface area contributed by atoms with Gasteiger partial charge < -0.3 is 0 Å². The van der Waals surface area contributed by atoms with Gasteiger partial charge in [0.05, 0.1) is 5.52 Å². The summed E-state index contributed by atoms with van der Waals surface area (Å²) >= 11 is 0. The average molecular weight is 316 g/mol. The molecule has 3 rings (SSSR count). The molecule has 22 heavy (non-hydrogen) atoms. The van der Waals surface area contributed by atoms with E-state index in [0.29, 0.717) is 11.2 Å². The molecule has 0 aliphatic heterocycles. The van der Waals surface area contributed by atoms with E-state index >= 15 is 0 Å². The minimum absolute atomic E-state index is 0.0920. The zero-order valence-corrected chi connectivity index (χ0v) is 12.6.